The lowest BCUT2D eigenvalue weighted by Gasteiger charge is -1.96. The minimum absolute atomic E-state index is 0.898. The predicted octanol–water partition coefficient (Wildman–Crippen LogP) is 3.85. The van der Waals surface area contributed by atoms with Crippen LogP contribution in [0.2, 0.25) is 0 Å². The zero-order chi connectivity index (χ0) is 12.3. The SMILES string of the molecule is CCc1nc(-c2cccc(Br)c2)sc1CNC. The highest BCUT2D eigenvalue weighted by molar-refractivity contribution is 9.10. The van der Waals surface area contributed by atoms with Crippen LogP contribution in [0, 0.1) is 0 Å². The van der Waals surface area contributed by atoms with Crippen LogP contribution < -0.4 is 5.32 Å². The van der Waals surface area contributed by atoms with Crippen LogP contribution in [0.1, 0.15) is 17.5 Å². The van der Waals surface area contributed by atoms with E-state index in [1.54, 1.807) is 11.3 Å². The van der Waals surface area contributed by atoms with E-state index < -0.39 is 0 Å². The zero-order valence-electron chi connectivity index (χ0n) is 9.96. The van der Waals surface area contributed by atoms with Gasteiger partial charge in [0.15, 0.2) is 0 Å². The Morgan fingerprint density at radius 3 is 2.88 bits per heavy atom. The third kappa shape index (κ3) is 2.94. The number of benzene rings is 1. The quantitative estimate of drug-likeness (QED) is 0.927. The molecule has 0 fully saturated rings. The lowest BCUT2D eigenvalue weighted by Crippen LogP contribution is -2.05. The summed E-state index contributed by atoms with van der Waals surface area (Å²) in [7, 11) is 1.97. The first kappa shape index (κ1) is 12.7. The maximum atomic E-state index is 4.72. The van der Waals surface area contributed by atoms with Crippen LogP contribution >= 0.6 is 27.3 Å². The van der Waals surface area contributed by atoms with Crippen molar-refractivity contribution in [2.45, 2.75) is 19.9 Å². The second-order valence-electron chi connectivity index (χ2n) is 3.78. The van der Waals surface area contributed by atoms with Gasteiger partial charge >= 0.3 is 0 Å². The summed E-state index contributed by atoms with van der Waals surface area (Å²) in [5.41, 5.74) is 2.39. The first-order valence-corrected chi connectivity index (χ1v) is 7.24. The minimum atomic E-state index is 0.898. The van der Waals surface area contributed by atoms with Crippen LogP contribution in [0.15, 0.2) is 28.7 Å². The van der Waals surface area contributed by atoms with Gasteiger partial charge in [-0.25, -0.2) is 4.98 Å². The Kier molecular flexibility index (Phi) is 4.31. The Balaban J connectivity index is 2.39. The van der Waals surface area contributed by atoms with Gasteiger partial charge in [0.2, 0.25) is 0 Å². The molecule has 0 saturated carbocycles. The first-order chi connectivity index (χ1) is 8.24. The molecule has 0 aliphatic heterocycles. The van der Waals surface area contributed by atoms with Crippen LogP contribution in [0.3, 0.4) is 0 Å². The van der Waals surface area contributed by atoms with E-state index in [0.29, 0.717) is 0 Å². The Morgan fingerprint density at radius 2 is 2.24 bits per heavy atom. The molecule has 0 radical (unpaired) electrons. The van der Waals surface area contributed by atoms with Gasteiger partial charge in [0.1, 0.15) is 5.01 Å². The monoisotopic (exact) mass is 310 g/mol. The third-order valence-electron chi connectivity index (χ3n) is 2.52. The molecule has 0 aliphatic rings. The van der Waals surface area contributed by atoms with Gasteiger partial charge in [-0.05, 0) is 25.6 Å². The van der Waals surface area contributed by atoms with Gasteiger partial charge in [-0.15, -0.1) is 11.3 Å². The second-order valence-corrected chi connectivity index (χ2v) is 5.78. The normalized spacial score (nSPS) is 10.8. The van der Waals surface area contributed by atoms with Gasteiger partial charge < -0.3 is 5.32 Å². The maximum Gasteiger partial charge on any atom is 0.123 e. The fourth-order valence-corrected chi connectivity index (χ4v) is 3.26. The molecule has 1 aromatic carbocycles. The van der Waals surface area contributed by atoms with Crippen LogP contribution in [0.4, 0.5) is 0 Å². The molecule has 0 bridgehead atoms. The van der Waals surface area contributed by atoms with Crippen molar-refractivity contribution >= 4 is 27.3 Å². The summed E-state index contributed by atoms with van der Waals surface area (Å²) in [6.07, 6.45) is 0.988. The molecule has 90 valence electrons. The van der Waals surface area contributed by atoms with Crippen LogP contribution in [-0.4, -0.2) is 12.0 Å². The molecule has 4 heteroatoms. The average Bonchev–Trinajstić information content (AvgIpc) is 2.73. The summed E-state index contributed by atoms with van der Waals surface area (Å²) in [5, 5.41) is 4.30. The Morgan fingerprint density at radius 1 is 1.41 bits per heavy atom. The Hall–Kier alpha value is -0.710. The number of nitrogens with zero attached hydrogens (tertiary/aromatic N) is 1. The highest BCUT2D eigenvalue weighted by Gasteiger charge is 2.10. The zero-order valence-corrected chi connectivity index (χ0v) is 12.4. The van der Waals surface area contributed by atoms with Crippen LogP contribution in [-0.2, 0) is 13.0 Å². The molecule has 2 aromatic rings. The second kappa shape index (κ2) is 5.76. The van der Waals surface area contributed by atoms with E-state index >= 15 is 0 Å². The summed E-state index contributed by atoms with van der Waals surface area (Å²) in [6.45, 7) is 3.05. The number of hydrogen-bond donors (Lipinski definition) is 1. The Bertz CT molecular complexity index is 508. The van der Waals surface area contributed by atoms with E-state index in [4.69, 9.17) is 4.98 Å². The molecular weight excluding hydrogens is 296 g/mol. The van der Waals surface area contributed by atoms with Crippen molar-refractivity contribution in [2.24, 2.45) is 0 Å². The maximum absolute atomic E-state index is 4.72. The van der Waals surface area contributed by atoms with Gasteiger partial charge in [-0.2, -0.15) is 0 Å². The third-order valence-corrected chi connectivity index (χ3v) is 4.16. The lowest BCUT2D eigenvalue weighted by atomic mass is 10.2. The van der Waals surface area contributed by atoms with Crippen molar-refractivity contribution in [2.75, 3.05) is 7.05 Å². The molecule has 0 spiro atoms. The van der Waals surface area contributed by atoms with Gasteiger partial charge in [0.25, 0.3) is 0 Å². The number of hydrogen-bond acceptors (Lipinski definition) is 3. The van der Waals surface area contributed by atoms with E-state index in [2.05, 4.69) is 40.3 Å². The molecule has 17 heavy (non-hydrogen) atoms. The first-order valence-electron chi connectivity index (χ1n) is 5.63. The standard InChI is InChI=1S/C13H15BrN2S/c1-3-11-12(8-15-2)17-13(16-11)9-5-4-6-10(14)7-9/h4-7,15H,3,8H2,1-2H3. The summed E-state index contributed by atoms with van der Waals surface area (Å²) in [4.78, 5) is 6.05. The van der Waals surface area contributed by atoms with Gasteiger partial charge in [-0.3, -0.25) is 0 Å². The smallest absolute Gasteiger partial charge is 0.123 e. The number of aromatic nitrogens is 1. The minimum Gasteiger partial charge on any atom is -0.315 e. The van der Waals surface area contributed by atoms with Crippen LogP contribution in [0.5, 0.6) is 0 Å². The largest absolute Gasteiger partial charge is 0.315 e. The highest BCUT2D eigenvalue weighted by atomic mass is 79.9. The summed E-state index contributed by atoms with van der Waals surface area (Å²) < 4.78 is 1.10. The van der Waals surface area contributed by atoms with E-state index in [9.17, 15) is 0 Å². The van der Waals surface area contributed by atoms with Gasteiger partial charge in [0, 0.05) is 21.5 Å². The molecule has 0 saturated heterocycles. The molecule has 2 rings (SSSR count). The number of halogens is 1. The van der Waals surface area contributed by atoms with E-state index in [1.807, 2.05) is 19.2 Å². The molecule has 0 aliphatic carbocycles. The lowest BCUT2D eigenvalue weighted by molar-refractivity contribution is 0.815. The number of aryl methyl sites for hydroxylation is 1. The van der Waals surface area contributed by atoms with E-state index in [0.717, 1.165) is 22.4 Å². The summed E-state index contributed by atoms with van der Waals surface area (Å²) in [6, 6.07) is 8.30. The van der Waals surface area contributed by atoms with Crippen molar-refractivity contribution in [1.82, 2.24) is 10.3 Å². The molecule has 1 N–H and O–H groups in total. The molecule has 1 heterocycles. The molecular formula is C13H15BrN2S. The number of rotatable bonds is 4. The fraction of sp³-hybridized carbons (Fsp3) is 0.308. The van der Waals surface area contributed by atoms with E-state index in [1.165, 1.54) is 16.1 Å². The van der Waals surface area contributed by atoms with Crippen molar-refractivity contribution in [3.63, 3.8) is 0 Å². The number of nitrogens with one attached hydrogen (secondary N) is 1. The Labute approximate surface area is 114 Å². The van der Waals surface area contributed by atoms with E-state index in [-0.39, 0.29) is 0 Å². The number of thiazole rings is 1. The molecule has 1 aromatic heterocycles. The summed E-state index contributed by atoms with van der Waals surface area (Å²) >= 11 is 5.27. The summed E-state index contributed by atoms with van der Waals surface area (Å²) in [5.74, 6) is 0. The highest BCUT2D eigenvalue weighted by Crippen LogP contribution is 2.29. The van der Waals surface area contributed by atoms with Crippen molar-refractivity contribution in [3.8, 4) is 10.6 Å². The molecule has 0 unspecified atom stereocenters. The topological polar surface area (TPSA) is 24.9 Å². The van der Waals surface area contributed by atoms with Crippen molar-refractivity contribution in [3.05, 3.63) is 39.3 Å². The van der Waals surface area contributed by atoms with Crippen molar-refractivity contribution in [1.29, 1.82) is 0 Å². The molecule has 0 atom stereocenters. The van der Waals surface area contributed by atoms with Crippen LogP contribution in [0.25, 0.3) is 10.6 Å². The van der Waals surface area contributed by atoms with Gasteiger partial charge in [-0.1, -0.05) is 35.0 Å². The molecule has 2 nitrogen and oxygen atoms in total. The van der Waals surface area contributed by atoms with Gasteiger partial charge in [0.05, 0.1) is 5.69 Å². The predicted molar refractivity (Wildman–Crippen MR) is 77.4 cm³/mol. The fourth-order valence-electron chi connectivity index (χ4n) is 1.70. The average molecular weight is 311 g/mol. The van der Waals surface area contributed by atoms with Crippen molar-refractivity contribution < 1.29 is 0 Å². The molecule has 0 amide bonds.